The Morgan fingerprint density at radius 3 is 2.68 bits per heavy atom. The molecule has 3 heterocycles. The van der Waals surface area contributed by atoms with Crippen LogP contribution in [0.1, 0.15) is 32.0 Å². The van der Waals surface area contributed by atoms with Crippen molar-refractivity contribution in [2.75, 3.05) is 0 Å². The van der Waals surface area contributed by atoms with Crippen LogP contribution < -0.4 is 0 Å². The summed E-state index contributed by atoms with van der Waals surface area (Å²) >= 11 is 0. The molecule has 2 aromatic heterocycles. The van der Waals surface area contributed by atoms with Crippen LogP contribution in [0.3, 0.4) is 0 Å². The Morgan fingerprint density at radius 1 is 1.27 bits per heavy atom. The highest BCUT2D eigenvalue weighted by Crippen LogP contribution is 2.26. The molecule has 116 valence electrons. The monoisotopic (exact) mass is 300 g/mol. The van der Waals surface area contributed by atoms with E-state index in [9.17, 15) is 4.79 Å². The van der Waals surface area contributed by atoms with Gasteiger partial charge in [0.05, 0.1) is 18.8 Å². The van der Waals surface area contributed by atoms with Crippen LogP contribution in [0, 0.1) is 0 Å². The standard InChI is InChI=1S/C16H20N4O2/c1-16(2,3)22-15(21)20-9-11-5-6-12(18-13(11)10-20)14-17-7-8-19(14)4/h5-8H,9-10H2,1-4H3. The molecule has 0 atom stereocenters. The van der Waals surface area contributed by atoms with Crippen LogP contribution in [0.15, 0.2) is 24.5 Å². The van der Waals surface area contributed by atoms with Crippen molar-refractivity contribution in [1.29, 1.82) is 0 Å². The molecule has 22 heavy (non-hydrogen) atoms. The van der Waals surface area contributed by atoms with E-state index in [4.69, 9.17) is 4.74 Å². The van der Waals surface area contributed by atoms with Gasteiger partial charge in [0.2, 0.25) is 0 Å². The van der Waals surface area contributed by atoms with Crippen LogP contribution in [0.5, 0.6) is 0 Å². The maximum atomic E-state index is 12.2. The second-order valence-electron chi connectivity index (χ2n) is 6.50. The minimum absolute atomic E-state index is 0.302. The van der Waals surface area contributed by atoms with E-state index in [0.717, 1.165) is 22.8 Å². The molecule has 3 rings (SSSR count). The van der Waals surface area contributed by atoms with Crippen LogP contribution >= 0.6 is 0 Å². The summed E-state index contributed by atoms with van der Waals surface area (Å²) in [6, 6.07) is 3.95. The SMILES string of the molecule is Cn1ccnc1-c1ccc2c(n1)CN(C(=O)OC(C)(C)C)C2. The maximum absolute atomic E-state index is 12.2. The Labute approximate surface area is 129 Å². The summed E-state index contributed by atoms with van der Waals surface area (Å²) in [5.41, 5.74) is 2.30. The molecular formula is C16H20N4O2. The first-order chi connectivity index (χ1) is 10.3. The number of pyridine rings is 1. The highest BCUT2D eigenvalue weighted by molar-refractivity contribution is 5.69. The number of aromatic nitrogens is 3. The molecule has 1 aliphatic rings. The zero-order valence-corrected chi connectivity index (χ0v) is 13.3. The fourth-order valence-electron chi connectivity index (χ4n) is 2.45. The summed E-state index contributed by atoms with van der Waals surface area (Å²) in [4.78, 5) is 22.8. The van der Waals surface area contributed by atoms with Gasteiger partial charge in [-0.2, -0.15) is 0 Å². The highest BCUT2D eigenvalue weighted by atomic mass is 16.6. The average molecular weight is 300 g/mol. The van der Waals surface area contributed by atoms with Crippen LogP contribution in [-0.2, 0) is 24.9 Å². The van der Waals surface area contributed by atoms with Gasteiger partial charge in [-0.1, -0.05) is 6.07 Å². The molecule has 0 fully saturated rings. The minimum atomic E-state index is -0.489. The molecular weight excluding hydrogens is 280 g/mol. The molecule has 0 unspecified atom stereocenters. The average Bonchev–Trinajstić information content (AvgIpc) is 3.01. The lowest BCUT2D eigenvalue weighted by molar-refractivity contribution is 0.0240. The van der Waals surface area contributed by atoms with E-state index in [1.54, 1.807) is 11.1 Å². The zero-order chi connectivity index (χ0) is 15.9. The van der Waals surface area contributed by atoms with Gasteiger partial charge < -0.3 is 9.30 Å². The normalized spacial score (nSPS) is 14.1. The largest absolute Gasteiger partial charge is 0.444 e. The third kappa shape index (κ3) is 2.81. The van der Waals surface area contributed by atoms with Crippen molar-refractivity contribution in [3.63, 3.8) is 0 Å². The molecule has 0 radical (unpaired) electrons. The smallest absolute Gasteiger partial charge is 0.410 e. The minimum Gasteiger partial charge on any atom is -0.444 e. The van der Waals surface area contributed by atoms with E-state index in [2.05, 4.69) is 9.97 Å². The highest BCUT2D eigenvalue weighted by Gasteiger charge is 2.28. The molecule has 0 saturated carbocycles. The number of hydrogen-bond acceptors (Lipinski definition) is 4. The van der Waals surface area contributed by atoms with Crippen molar-refractivity contribution >= 4 is 6.09 Å². The summed E-state index contributed by atoms with van der Waals surface area (Å²) in [5.74, 6) is 0.818. The number of hydrogen-bond donors (Lipinski definition) is 0. The van der Waals surface area contributed by atoms with Gasteiger partial charge in [-0.25, -0.2) is 14.8 Å². The van der Waals surface area contributed by atoms with Gasteiger partial charge in [0.15, 0.2) is 5.82 Å². The van der Waals surface area contributed by atoms with Crippen molar-refractivity contribution in [2.45, 2.75) is 39.5 Å². The molecule has 0 saturated heterocycles. The van der Waals surface area contributed by atoms with Gasteiger partial charge in [-0.15, -0.1) is 0 Å². The van der Waals surface area contributed by atoms with Crippen molar-refractivity contribution in [3.8, 4) is 11.5 Å². The predicted octanol–water partition coefficient (Wildman–Crippen LogP) is 2.73. The van der Waals surface area contributed by atoms with Crippen molar-refractivity contribution < 1.29 is 9.53 Å². The molecule has 1 amide bonds. The van der Waals surface area contributed by atoms with E-state index in [-0.39, 0.29) is 6.09 Å². The molecule has 6 nitrogen and oxygen atoms in total. The number of ether oxygens (including phenoxy) is 1. The maximum Gasteiger partial charge on any atom is 0.410 e. The van der Waals surface area contributed by atoms with Crippen molar-refractivity contribution in [1.82, 2.24) is 19.4 Å². The molecule has 6 heteroatoms. The van der Waals surface area contributed by atoms with Crippen LogP contribution in [0.25, 0.3) is 11.5 Å². The summed E-state index contributed by atoms with van der Waals surface area (Å²) < 4.78 is 7.34. The fourth-order valence-corrected chi connectivity index (χ4v) is 2.45. The van der Waals surface area contributed by atoms with E-state index in [0.29, 0.717) is 13.1 Å². The third-order valence-electron chi connectivity index (χ3n) is 3.47. The lowest BCUT2D eigenvalue weighted by atomic mass is 10.2. The first kappa shape index (κ1) is 14.6. The Balaban J connectivity index is 1.80. The molecule has 0 bridgehead atoms. The van der Waals surface area contributed by atoms with Crippen LogP contribution in [0.4, 0.5) is 4.79 Å². The third-order valence-corrected chi connectivity index (χ3v) is 3.47. The van der Waals surface area contributed by atoms with Gasteiger partial charge in [-0.3, -0.25) is 4.90 Å². The number of nitrogens with zero attached hydrogens (tertiary/aromatic N) is 4. The lowest BCUT2D eigenvalue weighted by Crippen LogP contribution is -2.33. The van der Waals surface area contributed by atoms with Crippen molar-refractivity contribution in [3.05, 3.63) is 35.8 Å². The predicted molar refractivity (Wildman–Crippen MR) is 81.9 cm³/mol. The number of rotatable bonds is 1. The van der Waals surface area contributed by atoms with E-state index >= 15 is 0 Å². The second kappa shape index (κ2) is 5.12. The second-order valence-corrected chi connectivity index (χ2v) is 6.50. The summed E-state index contributed by atoms with van der Waals surface area (Å²) in [7, 11) is 1.93. The first-order valence-electron chi connectivity index (χ1n) is 7.28. The van der Waals surface area contributed by atoms with Gasteiger partial charge in [0.25, 0.3) is 0 Å². The van der Waals surface area contributed by atoms with Gasteiger partial charge in [0, 0.05) is 19.4 Å². The molecule has 2 aromatic rings. The van der Waals surface area contributed by atoms with E-state index in [1.807, 2.05) is 50.7 Å². The number of carbonyl (C=O) groups excluding carboxylic acids is 1. The summed E-state index contributed by atoms with van der Waals surface area (Å²) in [6.45, 7) is 6.61. The van der Waals surface area contributed by atoms with Crippen LogP contribution in [-0.4, -0.2) is 31.1 Å². The quantitative estimate of drug-likeness (QED) is 0.812. The fraction of sp³-hybridized carbons (Fsp3) is 0.438. The van der Waals surface area contributed by atoms with Gasteiger partial charge in [-0.05, 0) is 32.4 Å². The Bertz CT molecular complexity index is 715. The number of fused-ring (bicyclic) bond motifs is 1. The molecule has 1 aliphatic heterocycles. The lowest BCUT2D eigenvalue weighted by Gasteiger charge is -2.23. The Morgan fingerprint density at radius 2 is 2.05 bits per heavy atom. The number of aryl methyl sites for hydroxylation is 1. The van der Waals surface area contributed by atoms with Crippen LogP contribution in [0.2, 0.25) is 0 Å². The molecule has 0 spiro atoms. The topological polar surface area (TPSA) is 60.2 Å². The van der Waals surface area contributed by atoms with E-state index < -0.39 is 5.60 Å². The number of amides is 1. The Hall–Kier alpha value is -2.37. The molecule has 0 N–H and O–H groups in total. The van der Waals surface area contributed by atoms with Crippen molar-refractivity contribution in [2.24, 2.45) is 7.05 Å². The molecule has 0 aliphatic carbocycles. The zero-order valence-electron chi connectivity index (χ0n) is 13.3. The summed E-state index contributed by atoms with van der Waals surface area (Å²) in [5, 5.41) is 0. The first-order valence-corrected chi connectivity index (χ1v) is 7.28. The number of imidazole rings is 1. The van der Waals surface area contributed by atoms with Gasteiger partial charge >= 0.3 is 6.09 Å². The Kier molecular flexibility index (Phi) is 3.39. The van der Waals surface area contributed by atoms with E-state index in [1.165, 1.54) is 0 Å². The summed E-state index contributed by atoms with van der Waals surface area (Å²) in [6.07, 6.45) is 3.33. The molecule has 0 aromatic carbocycles. The number of carbonyl (C=O) groups is 1. The van der Waals surface area contributed by atoms with Gasteiger partial charge in [0.1, 0.15) is 11.3 Å².